The molecule has 1 aliphatic rings. The summed E-state index contributed by atoms with van der Waals surface area (Å²) in [6.45, 7) is 5.29. The monoisotopic (exact) mass is 278 g/mol. The van der Waals surface area contributed by atoms with Gasteiger partial charge in [-0.2, -0.15) is 0 Å². The van der Waals surface area contributed by atoms with Gasteiger partial charge in [0.05, 0.1) is 7.11 Å². The van der Waals surface area contributed by atoms with E-state index in [1.54, 1.807) is 7.11 Å². The Morgan fingerprint density at radius 3 is 3.00 bits per heavy atom. The Labute approximate surface area is 119 Å². The van der Waals surface area contributed by atoms with Crippen LogP contribution in [0.1, 0.15) is 25.8 Å². The van der Waals surface area contributed by atoms with Crippen LogP contribution in [0, 0.1) is 0 Å². The van der Waals surface area contributed by atoms with Crippen LogP contribution in [0.5, 0.6) is 5.75 Å². The molecule has 1 atom stereocenters. The Kier molecular flexibility index (Phi) is 4.75. The van der Waals surface area contributed by atoms with Crippen molar-refractivity contribution in [3.05, 3.63) is 29.8 Å². The molecule has 1 heterocycles. The van der Waals surface area contributed by atoms with E-state index in [0.717, 1.165) is 36.1 Å². The lowest BCUT2D eigenvalue weighted by Gasteiger charge is -2.20. The SMILES string of the molecule is CCC1(C)CSC(=NCCc2cccc(OC)c2)N1. The van der Waals surface area contributed by atoms with Crippen LogP contribution in [0.15, 0.2) is 29.3 Å². The average molecular weight is 278 g/mol. The Morgan fingerprint density at radius 2 is 2.32 bits per heavy atom. The van der Waals surface area contributed by atoms with Gasteiger partial charge in [-0.15, -0.1) is 0 Å². The number of aliphatic imine (C=N–C) groups is 1. The van der Waals surface area contributed by atoms with E-state index in [9.17, 15) is 0 Å². The highest BCUT2D eigenvalue weighted by Gasteiger charge is 2.30. The smallest absolute Gasteiger partial charge is 0.157 e. The third kappa shape index (κ3) is 3.90. The van der Waals surface area contributed by atoms with Crippen LogP contribution < -0.4 is 10.1 Å². The van der Waals surface area contributed by atoms with Gasteiger partial charge in [0.1, 0.15) is 5.75 Å². The van der Waals surface area contributed by atoms with Gasteiger partial charge < -0.3 is 10.1 Å². The molecule has 1 unspecified atom stereocenters. The van der Waals surface area contributed by atoms with E-state index in [4.69, 9.17) is 4.74 Å². The highest BCUT2D eigenvalue weighted by molar-refractivity contribution is 8.14. The molecule has 1 saturated heterocycles. The second-order valence-corrected chi connectivity index (χ2v) is 6.08. The summed E-state index contributed by atoms with van der Waals surface area (Å²) in [4.78, 5) is 4.65. The van der Waals surface area contributed by atoms with Crippen LogP contribution >= 0.6 is 11.8 Å². The molecule has 1 aliphatic heterocycles. The minimum absolute atomic E-state index is 0.222. The van der Waals surface area contributed by atoms with E-state index in [2.05, 4.69) is 36.3 Å². The van der Waals surface area contributed by atoms with Gasteiger partial charge in [-0.3, -0.25) is 4.99 Å². The summed E-state index contributed by atoms with van der Waals surface area (Å²) in [5.74, 6) is 2.03. The van der Waals surface area contributed by atoms with Crippen LogP contribution in [0.3, 0.4) is 0 Å². The molecule has 19 heavy (non-hydrogen) atoms. The largest absolute Gasteiger partial charge is 0.497 e. The fourth-order valence-corrected chi connectivity index (χ4v) is 3.18. The van der Waals surface area contributed by atoms with Gasteiger partial charge in [-0.05, 0) is 37.5 Å². The van der Waals surface area contributed by atoms with Gasteiger partial charge >= 0.3 is 0 Å². The summed E-state index contributed by atoms with van der Waals surface area (Å²) in [5.41, 5.74) is 1.49. The number of amidine groups is 1. The molecule has 0 bridgehead atoms. The van der Waals surface area contributed by atoms with Gasteiger partial charge in [-0.1, -0.05) is 30.8 Å². The van der Waals surface area contributed by atoms with Crippen molar-refractivity contribution in [2.24, 2.45) is 4.99 Å². The molecule has 0 aromatic heterocycles. The molecule has 0 saturated carbocycles. The lowest BCUT2D eigenvalue weighted by Crippen LogP contribution is -2.39. The van der Waals surface area contributed by atoms with E-state index in [1.807, 2.05) is 23.9 Å². The number of benzene rings is 1. The Morgan fingerprint density at radius 1 is 1.47 bits per heavy atom. The van der Waals surface area contributed by atoms with Crippen molar-refractivity contribution in [3.63, 3.8) is 0 Å². The zero-order valence-electron chi connectivity index (χ0n) is 11.9. The quantitative estimate of drug-likeness (QED) is 0.898. The number of rotatable bonds is 5. The highest BCUT2D eigenvalue weighted by atomic mass is 32.2. The zero-order valence-corrected chi connectivity index (χ0v) is 12.7. The second kappa shape index (κ2) is 6.33. The van der Waals surface area contributed by atoms with Crippen molar-refractivity contribution < 1.29 is 4.74 Å². The fraction of sp³-hybridized carbons (Fsp3) is 0.533. The molecule has 1 fully saturated rings. The van der Waals surface area contributed by atoms with Crippen LogP contribution in [0.25, 0.3) is 0 Å². The fourth-order valence-electron chi connectivity index (χ4n) is 1.95. The first-order valence-electron chi connectivity index (χ1n) is 6.73. The lowest BCUT2D eigenvalue weighted by atomic mass is 10.0. The molecular formula is C15H22N2OS. The molecule has 4 heteroatoms. The third-order valence-corrected chi connectivity index (χ3v) is 4.79. The molecule has 0 aliphatic carbocycles. The number of nitrogens with one attached hydrogen (secondary N) is 1. The zero-order chi connectivity index (χ0) is 13.7. The van der Waals surface area contributed by atoms with Gasteiger partial charge in [0.15, 0.2) is 5.17 Å². The number of ether oxygens (including phenoxy) is 1. The maximum absolute atomic E-state index is 5.22. The number of thioether (sulfide) groups is 1. The molecule has 104 valence electrons. The topological polar surface area (TPSA) is 33.6 Å². The molecule has 1 aromatic carbocycles. The van der Waals surface area contributed by atoms with Crippen LogP contribution in [0.4, 0.5) is 0 Å². The standard InChI is InChI=1S/C15H22N2OS/c1-4-15(2)11-19-14(17-15)16-9-8-12-6-5-7-13(10-12)18-3/h5-7,10H,4,8-9,11H2,1-3H3,(H,16,17). The highest BCUT2D eigenvalue weighted by Crippen LogP contribution is 2.25. The van der Waals surface area contributed by atoms with E-state index in [1.165, 1.54) is 5.56 Å². The number of nitrogens with zero attached hydrogens (tertiary/aromatic N) is 1. The third-order valence-electron chi connectivity index (χ3n) is 3.51. The van der Waals surface area contributed by atoms with Crippen molar-refractivity contribution in [1.29, 1.82) is 0 Å². The van der Waals surface area contributed by atoms with E-state index >= 15 is 0 Å². The molecule has 1 aromatic rings. The normalized spacial score (nSPS) is 24.5. The van der Waals surface area contributed by atoms with E-state index in [-0.39, 0.29) is 5.54 Å². The van der Waals surface area contributed by atoms with Crippen molar-refractivity contribution in [3.8, 4) is 5.75 Å². The Balaban J connectivity index is 1.86. The lowest BCUT2D eigenvalue weighted by molar-refractivity contribution is 0.414. The second-order valence-electron chi connectivity index (χ2n) is 5.12. The summed E-state index contributed by atoms with van der Waals surface area (Å²) in [7, 11) is 1.70. The van der Waals surface area contributed by atoms with Crippen molar-refractivity contribution in [1.82, 2.24) is 5.32 Å². The average Bonchev–Trinajstić information content (AvgIpc) is 2.82. The summed E-state index contributed by atoms with van der Waals surface area (Å²) >= 11 is 1.83. The summed E-state index contributed by atoms with van der Waals surface area (Å²) < 4.78 is 5.22. The van der Waals surface area contributed by atoms with Gasteiger partial charge in [0, 0.05) is 17.8 Å². The molecule has 1 N–H and O–H groups in total. The molecule has 0 spiro atoms. The Bertz CT molecular complexity index is 461. The van der Waals surface area contributed by atoms with Crippen molar-refractivity contribution in [2.45, 2.75) is 32.2 Å². The van der Waals surface area contributed by atoms with Crippen molar-refractivity contribution in [2.75, 3.05) is 19.4 Å². The van der Waals surface area contributed by atoms with E-state index < -0.39 is 0 Å². The van der Waals surface area contributed by atoms with Crippen LogP contribution in [-0.2, 0) is 6.42 Å². The summed E-state index contributed by atoms with van der Waals surface area (Å²) in [5, 5.41) is 4.60. The molecule has 2 rings (SSSR count). The van der Waals surface area contributed by atoms with Gasteiger partial charge in [-0.25, -0.2) is 0 Å². The number of methoxy groups -OCH3 is 1. The summed E-state index contributed by atoms with van der Waals surface area (Å²) in [6.07, 6.45) is 2.08. The summed E-state index contributed by atoms with van der Waals surface area (Å²) in [6, 6.07) is 8.19. The van der Waals surface area contributed by atoms with E-state index in [0.29, 0.717) is 0 Å². The maximum atomic E-state index is 5.22. The molecule has 0 radical (unpaired) electrons. The van der Waals surface area contributed by atoms with Crippen LogP contribution in [-0.4, -0.2) is 30.1 Å². The predicted octanol–water partition coefficient (Wildman–Crippen LogP) is 3.10. The Hall–Kier alpha value is -1.16. The maximum Gasteiger partial charge on any atom is 0.157 e. The van der Waals surface area contributed by atoms with Crippen molar-refractivity contribution >= 4 is 16.9 Å². The molecule has 3 nitrogen and oxygen atoms in total. The first-order valence-corrected chi connectivity index (χ1v) is 7.72. The first-order chi connectivity index (χ1) is 9.15. The molecular weight excluding hydrogens is 256 g/mol. The first kappa shape index (κ1) is 14.3. The van der Waals surface area contributed by atoms with Crippen LogP contribution in [0.2, 0.25) is 0 Å². The number of hydrogen-bond acceptors (Lipinski definition) is 3. The van der Waals surface area contributed by atoms with Gasteiger partial charge in [0.2, 0.25) is 0 Å². The molecule has 0 amide bonds. The predicted molar refractivity (Wildman–Crippen MR) is 83.3 cm³/mol. The number of hydrogen-bond donors (Lipinski definition) is 1. The van der Waals surface area contributed by atoms with Gasteiger partial charge in [0.25, 0.3) is 0 Å². The minimum atomic E-state index is 0.222. The minimum Gasteiger partial charge on any atom is -0.497 e.